The topological polar surface area (TPSA) is 94.2 Å². The zero-order valence-corrected chi connectivity index (χ0v) is 21.4. The summed E-state index contributed by atoms with van der Waals surface area (Å²) in [6.45, 7) is 6.13. The number of amides is 3. The fraction of sp³-hybridized carbons (Fsp3) is 0.276. The van der Waals surface area contributed by atoms with E-state index < -0.39 is 23.8 Å². The fourth-order valence-corrected chi connectivity index (χ4v) is 4.41. The van der Waals surface area contributed by atoms with Crippen LogP contribution < -0.4 is 15.0 Å². The number of hydroxylamine groups is 1. The molecule has 0 saturated carbocycles. The van der Waals surface area contributed by atoms with Crippen LogP contribution in [0.25, 0.3) is 0 Å². The van der Waals surface area contributed by atoms with E-state index in [2.05, 4.69) is 5.48 Å². The van der Waals surface area contributed by atoms with Gasteiger partial charge in [0.15, 0.2) is 11.5 Å². The molecule has 0 aromatic heterocycles. The number of hydrogen-bond donors (Lipinski definition) is 1. The maximum atomic E-state index is 13.6. The highest BCUT2D eigenvalue weighted by molar-refractivity contribution is 6.22. The minimum Gasteiger partial charge on any atom is -0.493 e. The molecular weight excluding hydrogens is 472 g/mol. The summed E-state index contributed by atoms with van der Waals surface area (Å²) in [7, 11) is 1.53. The van der Waals surface area contributed by atoms with Crippen LogP contribution in [0, 0.1) is 13.8 Å². The number of nitrogens with one attached hydrogen (secondary N) is 1. The van der Waals surface area contributed by atoms with Gasteiger partial charge < -0.3 is 9.47 Å². The van der Waals surface area contributed by atoms with E-state index in [9.17, 15) is 14.4 Å². The summed E-state index contributed by atoms with van der Waals surface area (Å²) in [4.78, 5) is 46.6. The second kappa shape index (κ2) is 11.3. The molecule has 0 saturated heterocycles. The molecule has 0 spiro atoms. The highest BCUT2D eigenvalue weighted by Gasteiger charge is 2.42. The highest BCUT2D eigenvalue weighted by Crippen LogP contribution is 2.38. The number of carbonyl (C=O) groups excluding carboxylic acids is 3. The average Bonchev–Trinajstić information content (AvgIpc) is 3.15. The van der Waals surface area contributed by atoms with Gasteiger partial charge in [-0.15, -0.1) is 0 Å². The number of ether oxygens (including phenoxy) is 2. The lowest BCUT2D eigenvalue weighted by Gasteiger charge is -2.27. The molecule has 1 atom stereocenters. The van der Waals surface area contributed by atoms with Gasteiger partial charge in [-0.2, -0.15) is 0 Å². The number of aryl methyl sites for hydroxylation is 1. The van der Waals surface area contributed by atoms with Gasteiger partial charge in [0.25, 0.3) is 11.8 Å². The molecule has 3 aromatic carbocycles. The lowest BCUT2D eigenvalue weighted by molar-refractivity contribution is -0.135. The standard InChI is InChI=1S/C29H30N2O6/c1-5-36-25-15-21(12-14-24(25)35-4)23(16-26(32)30-37-17-20-9-7-6-8-10-20)31-28(33)22-13-11-18(2)19(3)27(22)29(31)34/h6-15,23H,5,16-17H2,1-4H3,(H,30,32). The molecule has 0 bridgehead atoms. The second-order valence-electron chi connectivity index (χ2n) is 8.77. The highest BCUT2D eigenvalue weighted by atomic mass is 16.6. The van der Waals surface area contributed by atoms with E-state index >= 15 is 0 Å². The van der Waals surface area contributed by atoms with Crippen molar-refractivity contribution < 1.29 is 28.7 Å². The van der Waals surface area contributed by atoms with Gasteiger partial charge in [0.1, 0.15) is 0 Å². The normalized spacial score (nSPS) is 13.4. The number of carbonyl (C=O) groups is 3. The molecule has 0 fully saturated rings. The molecule has 192 valence electrons. The van der Waals surface area contributed by atoms with Crippen LogP contribution in [0.1, 0.15) is 62.4 Å². The van der Waals surface area contributed by atoms with Crippen LogP contribution in [0.4, 0.5) is 0 Å². The molecule has 3 aromatic rings. The van der Waals surface area contributed by atoms with Crippen LogP contribution in [0.3, 0.4) is 0 Å². The maximum absolute atomic E-state index is 13.6. The van der Waals surface area contributed by atoms with Crippen LogP contribution in [0.15, 0.2) is 60.7 Å². The number of nitrogens with zero attached hydrogens (tertiary/aromatic N) is 1. The third kappa shape index (κ3) is 5.34. The van der Waals surface area contributed by atoms with Crippen molar-refractivity contribution >= 4 is 17.7 Å². The molecule has 0 aliphatic carbocycles. The second-order valence-corrected chi connectivity index (χ2v) is 8.77. The fourth-order valence-electron chi connectivity index (χ4n) is 4.41. The van der Waals surface area contributed by atoms with Gasteiger partial charge >= 0.3 is 0 Å². The summed E-state index contributed by atoms with van der Waals surface area (Å²) < 4.78 is 11.1. The van der Waals surface area contributed by atoms with Crippen LogP contribution >= 0.6 is 0 Å². The summed E-state index contributed by atoms with van der Waals surface area (Å²) in [5.41, 5.74) is 6.26. The zero-order chi connectivity index (χ0) is 26.5. The first-order chi connectivity index (χ1) is 17.8. The number of rotatable bonds is 10. The van der Waals surface area contributed by atoms with Gasteiger partial charge in [-0.1, -0.05) is 42.5 Å². The van der Waals surface area contributed by atoms with Crippen LogP contribution in [0.2, 0.25) is 0 Å². The molecule has 8 heteroatoms. The van der Waals surface area contributed by atoms with Crippen molar-refractivity contribution in [1.82, 2.24) is 10.4 Å². The van der Waals surface area contributed by atoms with E-state index in [-0.39, 0.29) is 13.0 Å². The van der Waals surface area contributed by atoms with E-state index in [1.165, 1.54) is 7.11 Å². The van der Waals surface area contributed by atoms with Gasteiger partial charge in [-0.3, -0.25) is 24.1 Å². The maximum Gasteiger partial charge on any atom is 0.262 e. The lowest BCUT2D eigenvalue weighted by atomic mass is 9.99. The molecule has 3 amide bonds. The first-order valence-electron chi connectivity index (χ1n) is 12.1. The Bertz CT molecular complexity index is 1320. The molecule has 1 aliphatic heterocycles. The van der Waals surface area contributed by atoms with Gasteiger partial charge in [0, 0.05) is 0 Å². The summed E-state index contributed by atoms with van der Waals surface area (Å²) in [5, 5.41) is 0. The van der Waals surface area contributed by atoms with Gasteiger partial charge in [0.05, 0.1) is 43.9 Å². The minimum absolute atomic E-state index is 0.180. The molecule has 1 aliphatic rings. The van der Waals surface area contributed by atoms with E-state index in [0.717, 1.165) is 21.6 Å². The number of methoxy groups -OCH3 is 1. The Morgan fingerprint density at radius 1 is 0.973 bits per heavy atom. The quantitative estimate of drug-likeness (QED) is 0.319. The molecule has 1 heterocycles. The molecule has 8 nitrogen and oxygen atoms in total. The Kier molecular flexibility index (Phi) is 7.89. The predicted molar refractivity (Wildman–Crippen MR) is 137 cm³/mol. The Labute approximate surface area is 216 Å². The molecule has 0 radical (unpaired) electrons. The number of fused-ring (bicyclic) bond motifs is 1. The monoisotopic (exact) mass is 502 g/mol. The first-order valence-corrected chi connectivity index (χ1v) is 12.1. The summed E-state index contributed by atoms with van der Waals surface area (Å²) in [6.07, 6.45) is -0.198. The molecule has 4 rings (SSSR count). The van der Waals surface area contributed by atoms with E-state index in [0.29, 0.717) is 34.8 Å². The molecule has 1 N–H and O–H groups in total. The number of benzene rings is 3. The first kappa shape index (κ1) is 25.9. The van der Waals surface area contributed by atoms with Crippen molar-refractivity contribution in [3.8, 4) is 11.5 Å². The van der Waals surface area contributed by atoms with Crippen LogP contribution in [0.5, 0.6) is 11.5 Å². The predicted octanol–water partition coefficient (Wildman–Crippen LogP) is 4.69. The van der Waals surface area contributed by atoms with Gasteiger partial charge in [-0.05, 0) is 61.2 Å². The van der Waals surface area contributed by atoms with Crippen molar-refractivity contribution in [2.45, 2.75) is 39.8 Å². The smallest absolute Gasteiger partial charge is 0.262 e. The van der Waals surface area contributed by atoms with E-state index in [4.69, 9.17) is 14.3 Å². The minimum atomic E-state index is -0.891. The van der Waals surface area contributed by atoms with Crippen LogP contribution in [-0.2, 0) is 16.2 Å². The third-order valence-electron chi connectivity index (χ3n) is 6.45. The molecular formula is C29H30N2O6. The van der Waals surface area contributed by atoms with Crippen LogP contribution in [-0.4, -0.2) is 36.3 Å². The Morgan fingerprint density at radius 2 is 1.73 bits per heavy atom. The van der Waals surface area contributed by atoms with E-state index in [1.54, 1.807) is 24.3 Å². The van der Waals surface area contributed by atoms with Gasteiger partial charge in [-0.25, -0.2) is 5.48 Å². The summed E-state index contributed by atoms with van der Waals surface area (Å²) >= 11 is 0. The van der Waals surface area contributed by atoms with Crippen molar-refractivity contribution in [3.63, 3.8) is 0 Å². The summed E-state index contributed by atoms with van der Waals surface area (Å²) in [5.74, 6) is -0.386. The van der Waals surface area contributed by atoms with Crippen molar-refractivity contribution in [1.29, 1.82) is 0 Å². The molecule has 37 heavy (non-hydrogen) atoms. The zero-order valence-electron chi connectivity index (χ0n) is 21.4. The SMILES string of the molecule is CCOc1cc(C(CC(=O)NOCc2ccccc2)N2C(=O)c3ccc(C)c(C)c3C2=O)ccc1OC. The van der Waals surface area contributed by atoms with Crippen molar-refractivity contribution in [3.05, 3.63) is 94.0 Å². The Balaban J connectivity index is 1.65. The summed E-state index contributed by atoms with van der Waals surface area (Å²) in [6, 6.07) is 17.1. The van der Waals surface area contributed by atoms with Gasteiger partial charge in [0.2, 0.25) is 5.91 Å². The number of imide groups is 1. The Morgan fingerprint density at radius 3 is 2.43 bits per heavy atom. The third-order valence-corrected chi connectivity index (χ3v) is 6.45. The van der Waals surface area contributed by atoms with E-state index in [1.807, 2.05) is 57.2 Å². The van der Waals surface area contributed by atoms with Crippen molar-refractivity contribution in [2.24, 2.45) is 0 Å². The average molecular weight is 503 g/mol. The largest absolute Gasteiger partial charge is 0.493 e. The Hall–Kier alpha value is -4.17. The number of hydrogen-bond acceptors (Lipinski definition) is 6. The van der Waals surface area contributed by atoms with Crippen molar-refractivity contribution in [2.75, 3.05) is 13.7 Å². The lowest BCUT2D eigenvalue weighted by Crippen LogP contribution is -2.37. The molecule has 1 unspecified atom stereocenters.